The van der Waals surface area contributed by atoms with E-state index >= 15 is 0 Å². The molecular weight excluding hydrogens is 274 g/mol. The Hall–Kier alpha value is -1.94. The summed E-state index contributed by atoms with van der Waals surface area (Å²) in [6.07, 6.45) is 5.88. The summed E-state index contributed by atoms with van der Waals surface area (Å²) in [5.41, 5.74) is 1.61. The average molecular weight is 290 g/mol. The van der Waals surface area contributed by atoms with Gasteiger partial charge < -0.3 is 4.90 Å². The molecule has 0 aliphatic heterocycles. The molecule has 5 heteroatoms. The third-order valence-corrected chi connectivity index (χ3v) is 3.38. The summed E-state index contributed by atoms with van der Waals surface area (Å²) < 4.78 is 0. The molecule has 0 fully saturated rings. The van der Waals surface area contributed by atoms with Crippen molar-refractivity contribution in [2.45, 2.75) is 13.3 Å². The summed E-state index contributed by atoms with van der Waals surface area (Å²) in [6.45, 7) is 3.23. The summed E-state index contributed by atoms with van der Waals surface area (Å²) >= 11 is 5.97. The molecule has 2 aromatic rings. The average Bonchev–Trinajstić information content (AvgIpc) is 2.49. The van der Waals surface area contributed by atoms with Crippen molar-refractivity contribution in [3.05, 3.63) is 59.1 Å². The molecular formula is C15H16ClN3O. The van der Waals surface area contributed by atoms with E-state index in [1.54, 1.807) is 35.6 Å². The lowest BCUT2D eigenvalue weighted by atomic mass is 10.2. The molecule has 2 aromatic heterocycles. The van der Waals surface area contributed by atoms with Crippen molar-refractivity contribution in [3.8, 4) is 0 Å². The normalized spacial score (nSPS) is 10.3. The van der Waals surface area contributed by atoms with Gasteiger partial charge in [0.1, 0.15) is 5.15 Å². The molecule has 104 valence electrons. The standard InChI is InChI=1S/C15H16ClN3O/c1-2-19(11-7-12-5-9-17-10-6-12)15(20)13-4-3-8-18-14(13)16/h3-6,8-10H,2,7,11H2,1H3. The van der Waals surface area contributed by atoms with Crippen LogP contribution < -0.4 is 0 Å². The Bertz CT molecular complexity index is 574. The van der Waals surface area contributed by atoms with Crippen molar-refractivity contribution in [2.75, 3.05) is 13.1 Å². The molecule has 0 atom stereocenters. The zero-order valence-electron chi connectivity index (χ0n) is 11.3. The van der Waals surface area contributed by atoms with E-state index in [4.69, 9.17) is 11.6 Å². The van der Waals surface area contributed by atoms with Crippen LogP contribution in [0.4, 0.5) is 0 Å². The highest BCUT2D eigenvalue weighted by molar-refractivity contribution is 6.32. The summed E-state index contributed by atoms with van der Waals surface area (Å²) in [5, 5.41) is 0.250. The van der Waals surface area contributed by atoms with Crippen LogP contribution in [-0.2, 0) is 6.42 Å². The molecule has 0 N–H and O–H groups in total. The molecule has 0 saturated heterocycles. The fraction of sp³-hybridized carbons (Fsp3) is 0.267. The number of amides is 1. The molecule has 0 aliphatic carbocycles. The van der Waals surface area contributed by atoms with E-state index in [0.29, 0.717) is 18.7 Å². The Kier molecular flexibility index (Phi) is 5.07. The third-order valence-electron chi connectivity index (χ3n) is 3.08. The van der Waals surface area contributed by atoms with Crippen molar-refractivity contribution in [1.82, 2.24) is 14.9 Å². The summed E-state index contributed by atoms with van der Waals surface area (Å²) in [7, 11) is 0. The molecule has 1 amide bonds. The zero-order valence-corrected chi connectivity index (χ0v) is 12.0. The van der Waals surface area contributed by atoms with Gasteiger partial charge in [0.2, 0.25) is 0 Å². The van der Waals surface area contributed by atoms with Crippen LogP contribution in [0.3, 0.4) is 0 Å². The molecule has 0 unspecified atom stereocenters. The maximum Gasteiger partial charge on any atom is 0.256 e. The molecule has 0 saturated carbocycles. The Morgan fingerprint density at radius 2 is 2.00 bits per heavy atom. The quantitative estimate of drug-likeness (QED) is 0.795. The molecule has 4 nitrogen and oxygen atoms in total. The lowest BCUT2D eigenvalue weighted by Gasteiger charge is -2.21. The number of nitrogens with zero attached hydrogens (tertiary/aromatic N) is 3. The Labute approximate surface area is 123 Å². The molecule has 20 heavy (non-hydrogen) atoms. The second-order valence-corrected chi connectivity index (χ2v) is 4.69. The van der Waals surface area contributed by atoms with Crippen LogP contribution in [0.15, 0.2) is 42.9 Å². The van der Waals surface area contributed by atoms with E-state index in [1.807, 2.05) is 19.1 Å². The van der Waals surface area contributed by atoms with Crippen LogP contribution in [0.25, 0.3) is 0 Å². The van der Waals surface area contributed by atoms with Crippen LogP contribution in [0.1, 0.15) is 22.8 Å². The van der Waals surface area contributed by atoms with Gasteiger partial charge in [-0.25, -0.2) is 4.98 Å². The first-order valence-corrected chi connectivity index (χ1v) is 6.89. The number of rotatable bonds is 5. The number of halogens is 1. The van der Waals surface area contributed by atoms with Crippen molar-refractivity contribution in [3.63, 3.8) is 0 Å². The van der Waals surface area contributed by atoms with Crippen molar-refractivity contribution < 1.29 is 4.79 Å². The SMILES string of the molecule is CCN(CCc1ccncc1)C(=O)c1cccnc1Cl. The first kappa shape index (κ1) is 14.5. The van der Waals surface area contributed by atoms with Crippen LogP contribution in [-0.4, -0.2) is 33.9 Å². The van der Waals surface area contributed by atoms with Gasteiger partial charge in [0.15, 0.2) is 0 Å². The minimum absolute atomic E-state index is 0.0837. The van der Waals surface area contributed by atoms with Gasteiger partial charge in [0, 0.05) is 31.7 Å². The fourth-order valence-corrected chi connectivity index (χ4v) is 2.13. The van der Waals surface area contributed by atoms with Crippen LogP contribution in [0, 0.1) is 0 Å². The van der Waals surface area contributed by atoms with Crippen molar-refractivity contribution in [2.24, 2.45) is 0 Å². The Morgan fingerprint density at radius 1 is 1.25 bits per heavy atom. The summed E-state index contributed by atoms with van der Waals surface area (Å²) in [6, 6.07) is 7.33. The van der Waals surface area contributed by atoms with Gasteiger partial charge in [0.05, 0.1) is 5.56 Å². The van der Waals surface area contributed by atoms with Gasteiger partial charge in [-0.2, -0.15) is 0 Å². The zero-order chi connectivity index (χ0) is 14.4. The number of aromatic nitrogens is 2. The lowest BCUT2D eigenvalue weighted by Crippen LogP contribution is -2.33. The number of hydrogen-bond donors (Lipinski definition) is 0. The first-order chi connectivity index (χ1) is 9.72. The highest BCUT2D eigenvalue weighted by Gasteiger charge is 2.17. The summed E-state index contributed by atoms with van der Waals surface area (Å²) in [5.74, 6) is -0.0837. The number of carbonyl (C=O) groups is 1. The second kappa shape index (κ2) is 7.01. The van der Waals surface area contributed by atoms with Crippen molar-refractivity contribution >= 4 is 17.5 Å². The predicted octanol–water partition coefficient (Wildman–Crippen LogP) is 2.83. The van der Waals surface area contributed by atoms with Crippen LogP contribution >= 0.6 is 11.6 Å². The van der Waals surface area contributed by atoms with E-state index in [1.165, 1.54) is 0 Å². The van der Waals surface area contributed by atoms with Crippen LogP contribution in [0.2, 0.25) is 5.15 Å². The van der Waals surface area contributed by atoms with Crippen LogP contribution in [0.5, 0.6) is 0 Å². The number of hydrogen-bond acceptors (Lipinski definition) is 3. The second-order valence-electron chi connectivity index (χ2n) is 4.33. The van der Waals surface area contributed by atoms with E-state index in [2.05, 4.69) is 9.97 Å². The molecule has 0 radical (unpaired) electrons. The van der Waals surface area contributed by atoms with Gasteiger partial charge in [-0.3, -0.25) is 9.78 Å². The largest absolute Gasteiger partial charge is 0.338 e. The van der Waals surface area contributed by atoms with E-state index < -0.39 is 0 Å². The van der Waals surface area contributed by atoms with Gasteiger partial charge in [-0.05, 0) is 43.2 Å². The Morgan fingerprint density at radius 3 is 2.65 bits per heavy atom. The van der Waals surface area contributed by atoms with Gasteiger partial charge in [0.25, 0.3) is 5.91 Å². The van der Waals surface area contributed by atoms with E-state index in [-0.39, 0.29) is 11.1 Å². The monoisotopic (exact) mass is 289 g/mol. The maximum absolute atomic E-state index is 12.4. The topological polar surface area (TPSA) is 46.1 Å². The minimum atomic E-state index is -0.0837. The summed E-state index contributed by atoms with van der Waals surface area (Å²) in [4.78, 5) is 22.1. The van der Waals surface area contributed by atoms with Crippen molar-refractivity contribution in [1.29, 1.82) is 0 Å². The number of carbonyl (C=O) groups excluding carboxylic acids is 1. The molecule has 2 rings (SSSR count). The highest BCUT2D eigenvalue weighted by Crippen LogP contribution is 2.14. The lowest BCUT2D eigenvalue weighted by molar-refractivity contribution is 0.0766. The van der Waals surface area contributed by atoms with E-state index in [9.17, 15) is 4.79 Å². The smallest absolute Gasteiger partial charge is 0.256 e. The molecule has 2 heterocycles. The first-order valence-electron chi connectivity index (χ1n) is 6.51. The fourth-order valence-electron chi connectivity index (χ4n) is 1.93. The third kappa shape index (κ3) is 3.54. The number of pyridine rings is 2. The van der Waals surface area contributed by atoms with Gasteiger partial charge in [-0.1, -0.05) is 11.6 Å². The maximum atomic E-state index is 12.4. The highest BCUT2D eigenvalue weighted by atomic mass is 35.5. The predicted molar refractivity (Wildman–Crippen MR) is 78.8 cm³/mol. The van der Waals surface area contributed by atoms with Gasteiger partial charge >= 0.3 is 0 Å². The van der Waals surface area contributed by atoms with E-state index in [0.717, 1.165) is 12.0 Å². The Balaban J connectivity index is 2.05. The molecule has 0 bridgehead atoms. The number of likely N-dealkylation sites (N-methyl/N-ethyl adjacent to an activating group) is 1. The van der Waals surface area contributed by atoms with Gasteiger partial charge in [-0.15, -0.1) is 0 Å². The minimum Gasteiger partial charge on any atom is -0.338 e. The molecule has 0 spiro atoms. The molecule has 0 aliphatic rings. The molecule has 0 aromatic carbocycles.